The number of halogens is 2. The van der Waals surface area contributed by atoms with Crippen LogP contribution < -0.4 is 10.1 Å². The maximum absolute atomic E-state index is 12.6. The summed E-state index contributed by atoms with van der Waals surface area (Å²) in [4.78, 5) is 12.6. The first-order valence-corrected chi connectivity index (χ1v) is 9.26. The molecule has 0 saturated heterocycles. The number of anilines is 1. The summed E-state index contributed by atoms with van der Waals surface area (Å²) in [5.74, 6) is 0.147. The third kappa shape index (κ3) is 4.29. The van der Waals surface area contributed by atoms with Crippen LogP contribution in [0.15, 0.2) is 54.6 Å². The number of ether oxygens (including phenoxy) is 1. The Kier molecular flexibility index (Phi) is 6.02. The van der Waals surface area contributed by atoms with Crippen molar-refractivity contribution in [1.82, 2.24) is 0 Å². The van der Waals surface area contributed by atoms with Gasteiger partial charge in [0.25, 0.3) is 5.91 Å². The molecule has 0 aliphatic rings. The molecule has 0 spiro atoms. The molecule has 0 aliphatic heterocycles. The molecule has 1 amide bonds. The molecule has 3 nitrogen and oxygen atoms in total. The average Bonchev–Trinajstić information content (AvgIpc) is 2.63. The van der Waals surface area contributed by atoms with Crippen molar-refractivity contribution in [3.63, 3.8) is 0 Å². The number of hydrogen-bond donors (Lipinski definition) is 1. The Hall–Kier alpha value is -2.23. The van der Waals surface area contributed by atoms with Crippen molar-refractivity contribution in [2.75, 3.05) is 11.9 Å². The average molecular weight is 388 g/mol. The minimum Gasteiger partial charge on any atom is -0.490 e. The van der Waals surface area contributed by atoms with Gasteiger partial charge in [-0.1, -0.05) is 66.9 Å². The maximum atomic E-state index is 12.6. The third-order valence-corrected chi connectivity index (χ3v) is 4.57. The lowest BCUT2D eigenvalue weighted by Crippen LogP contribution is -2.12. The van der Waals surface area contributed by atoms with Crippen LogP contribution in [0.4, 0.5) is 5.69 Å². The van der Waals surface area contributed by atoms with E-state index in [1.54, 1.807) is 12.1 Å². The van der Waals surface area contributed by atoms with E-state index < -0.39 is 0 Å². The molecule has 26 heavy (non-hydrogen) atoms. The summed E-state index contributed by atoms with van der Waals surface area (Å²) >= 11 is 12.5. The highest BCUT2D eigenvalue weighted by atomic mass is 35.5. The smallest absolute Gasteiger partial charge is 0.255 e. The van der Waals surface area contributed by atoms with Crippen molar-refractivity contribution < 1.29 is 9.53 Å². The Morgan fingerprint density at radius 3 is 2.38 bits per heavy atom. The predicted molar refractivity (Wildman–Crippen MR) is 109 cm³/mol. The van der Waals surface area contributed by atoms with Gasteiger partial charge in [-0.3, -0.25) is 4.79 Å². The lowest BCUT2D eigenvalue weighted by atomic mass is 10.1. The van der Waals surface area contributed by atoms with Crippen LogP contribution in [0.1, 0.15) is 30.1 Å². The zero-order valence-corrected chi connectivity index (χ0v) is 15.9. The van der Waals surface area contributed by atoms with Crippen molar-refractivity contribution >= 4 is 45.6 Å². The summed E-state index contributed by atoms with van der Waals surface area (Å²) < 4.78 is 5.61. The summed E-state index contributed by atoms with van der Waals surface area (Å²) in [5.41, 5.74) is 1.10. The fourth-order valence-corrected chi connectivity index (χ4v) is 3.21. The number of fused-ring (bicyclic) bond motifs is 1. The van der Waals surface area contributed by atoms with E-state index >= 15 is 0 Å². The van der Waals surface area contributed by atoms with Gasteiger partial charge in [0.05, 0.1) is 16.7 Å². The van der Waals surface area contributed by atoms with E-state index in [-0.39, 0.29) is 5.91 Å². The van der Waals surface area contributed by atoms with Crippen LogP contribution in [0.25, 0.3) is 10.8 Å². The van der Waals surface area contributed by atoms with E-state index in [0.717, 1.165) is 23.6 Å². The van der Waals surface area contributed by atoms with Crippen molar-refractivity contribution in [1.29, 1.82) is 0 Å². The van der Waals surface area contributed by atoms with Crippen molar-refractivity contribution in [3.8, 4) is 5.75 Å². The topological polar surface area (TPSA) is 38.3 Å². The number of carbonyl (C=O) groups excluding carboxylic acids is 1. The number of hydrogen-bond acceptors (Lipinski definition) is 2. The summed E-state index contributed by atoms with van der Waals surface area (Å²) in [5, 5.41) is 5.71. The van der Waals surface area contributed by atoms with Crippen LogP contribution in [-0.4, -0.2) is 12.5 Å². The summed E-state index contributed by atoms with van der Waals surface area (Å²) in [6, 6.07) is 16.9. The molecule has 0 atom stereocenters. The Balaban J connectivity index is 1.78. The molecule has 0 unspecified atom stereocenters. The molecule has 0 bridgehead atoms. The first-order chi connectivity index (χ1) is 12.6. The molecule has 0 saturated carbocycles. The highest BCUT2D eigenvalue weighted by Gasteiger charge is 2.14. The molecule has 0 aliphatic carbocycles. The van der Waals surface area contributed by atoms with Gasteiger partial charge in [-0.15, -0.1) is 0 Å². The normalized spacial score (nSPS) is 10.7. The monoisotopic (exact) mass is 387 g/mol. The predicted octanol–water partition coefficient (Wildman–Crippen LogP) is 6.58. The van der Waals surface area contributed by atoms with Crippen molar-refractivity contribution in [3.05, 3.63) is 70.2 Å². The zero-order chi connectivity index (χ0) is 18.5. The lowest BCUT2D eigenvalue weighted by Gasteiger charge is -2.12. The van der Waals surface area contributed by atoms with Crippen LogP contribution in [-0.2, 0) is 0 Å². The fraction of sp³-hybridized carbons (Fsp3) is 0.190. The molecule has 0 fully saturated rings. The van der Waals surface area contributed by atoms with Crippen molar-refractivity contribution in [2.24, 2.45) is 0 Å². The van der Waals surface area contributed by atoms with Gasteiger partial charge in [0.1, 0.15) is 0 Å². The Morgan fingerprint density at radius 2 is 1.69 bits per heavy atom. The van der Waals surface area contributed by atoms with Gasteiger partial charge in [-0.05, 0) is 41.5 Å². The lowest BCUT2D eigenvalue weighted by molar-refractivity contribution is 0.102. The van der Waals surface area contributed by atoms with Gasteiger partial charge < -0.3 is 10.1 Å². The fourth-order valence-electron chi connectivity index (χ4n) is 2.62. The second kappa shape index (κ2) is 8.43. The minimum absolute atomic E-state index is 0.274. The number of nitrogens with one attached hydrogen (secondary N) is 1. The number of benzene rings is 3. The second-order valence-electron chi connectivity index (χ2n) is 5.99. The molecular weight excluding hydrogens is 369 g/mol. The SMILES string of the molecule is CCCCOc1c(Cl)cc(C(=O)Nc2ccc3ccccc3c2)cc1Cl. The van der Waals surface area contributed by atoms with Gasteiger partial charge in [0.2, 0.25) is 0 Å². The highest BCUT2D eigenvalue weighted by Crippen LogP contribution is 2.34. The number of rotatable bonds is 6. The first kappa shape index (κ1) is 18.6. The molecule has 3 rings (SSSR count). The van der Waals surface area contributed by atoms with E-state index in [0.29, 0.717) is 33.7 Å². The van der Waals surface area contributed by atoms with E-state index in [9.17, 15) is 4.79 Å². The summed E-state index contributed by atoms with van der Waals surface area (Å²) in [7, 11) is 0. The van der Waals surface area contributed by atoms with Gasteiger partial charge in [0, 0.05) is 11.3 Å². The molecule has 134 valence electrons. The largest absolute Gasteiger partial charge is 0.490 e. The number of amides is 1. The van der Waals surface area contributed by atoms with Gasteiger partial charge in [-0.2, -0.15) is 0 Å². The molecule has 0 radical (unpaired) electrons. The van der Waals surface area contributed by atoms with E-state index in [1.807, 2.05) is 42.5 Å². The summed E-state index contributed by atoms with van der Waals surface area (Å²) in [6.45, 7) is 2.62. The van der Waals surface area contributed by atoms with Gasteiger partial charge >= 0.3 is 0 Å². The quantitative estimate of drug-likeness (QED) is 0.485. The van der Waals surface area contributed by atoms with E-state index in [1.165, 1.54) is 0 Å². The number of carbonyl (C=O) groups is 1. The van der Waals surface area contributed by atoms with E-state index in [2.05, 4.69) is 12.2 Å². The van der Waals surface area contributed by atoms with Crippen LogP contribution in [0.3, 0.4) is 0 Å². The second-order valence-corrected chi connectivity index (χ2v) is 6.80. The molecular formula is C21H19Cl2NO2. The van der Waals surface area contributed by atoms with Crippen LogP contribution in [0, 0.1) is 0 Å². The molecule has 3 aromatic carbocycles. The molecule has 0 aromatic heterocycles. The molecule has 5 heteroatoms. The van der Waals surface area contributed by atoms with Crippen LogP contribution in [0.5, 0.6) is 5.75 Å². The van der Waals surface area contributed by atoms with Crippen LogP contribution >= 0.6 is 23.2 Å². The first-order valence-electron chi connectivity index (χ1n) is 8.50. The van der Waals surface area contributed by atoms with E-state index in [4.69, 9.17) is 27.9 Å². The maximum Gasteiger partial charge on any atom is 0.255 e. The minimum atomic E-state index is -0.274. The zero-order valence-electron chi connectivity index (χ0n) is 14.4. The number of unbranched alkanes of at least 4 members (excludes halogenated alkanes) is 1. The van der Waals surface area contributed by atoms with Crippen molar-refractivity contribution in [2.45, 2.75) is 19.8 Å². The van der Waals surface area contributed by atoms with Gasteiger partial charge in [0.15, 0.2) is 5.75 Å². The highest BCUT2D eigenvalue weighted by molar-refractivity contribution is 6.37. The molecule has 3 aromatic rings. The molecule has 0 heterocycles. The Labute approximate surface area is 162 Å². The molecule has 1 N–H and O–H groups in total. The third-order valence-electron chi connectivity index (χ3n) is 4.01. The van der Waals surface area contributed by atoms with Crippen LogP contribution in [0.2, 0.25) is 10.0 Å². The Bertz CT molecular complexity index is 917. The Morgan fingerprint density at radius 1 is 1.00 bits per heavy atom. The summed E-state index contributed by atoms with van der Waals surface area (Å²) in [6.07, 6.45) is 1.93. The van der Waals surface area contributed by atoms with Gasteiger partial charge in [-0.25, -0.2) is 0 Å². The standard InChI is InChI=1S/C21H19Cl2NO2/c1-2-3-10-26-20-18(22)12-16(13-19(20)23)21(25)24-17-9-8-14-6-4-5-7-15(14)11-17/h4-9,11-13H,2-3,10H2,1H3,(H,24,25).